The number of hydrogen-bond acceptors (Lipinski definition) is 6. The van der Waals surface area contributed by atoms with Gasteiger partial charge >= 0.3 is 0 Å². The molecule has 0 aliphatic carbocycles. The van der Waals surface area contributed by atoms with Crippen LogP contribution in [0.5, 0.6) is 5.75 Å². The lowest BCUT2D eigenvalue weighted by Crippen LogP contribution is -2.25. The molecule has 0 fully saturated rings. The number of nitrogens with zero attached hydrogens (tertiary/aromatic N) is 2. The van der Waals surface area contributed by atoms with Crippen LogP contribution in [0.25, 0.3) is 10.9 Å². The van der Waals surface area contributed by atoms with Crippen LogP contribution >= 0.6 is 11.8 Å². The van der Waals surface area contributed by atoms with E-state index >= 15 is 0 Å². The van der Waals surface area contributed by atoms with Gasteiger partial charge in [0.15, 0.2) is 10.9 Å². The molecule has 0 unspecified atom stereocenters. The number of methoxy groups -OCH3 is 1. The molecule has 0 atom stereocenters. The number of benzene rings is 2. The first-order valence-corrected chi connectivity index (χ1v) is 9.02. The fraction of sp³-hybridized carbons (Fsp3) is 0.211. The van der Waals surface area contributed by atoms with Crippen molar-refractivity contribution in [3.8, 4) is 5.75 Å². The lowest BCUT2D eigenvalue weighted by atomic mass is 10.1. The first-order chi connectivity index (χ1) is 12.6. The Kier molecular flexibility index (Phi) is 5.70. The van der Waals surface area contributed by atoms with Crippen molar-refractivity contribution >= 4 is 28.4 Å². The number of ketones is 1. The van der Waals surface area contributed by atoms with Gasteiger partial charge in [-0.3, -0.25) is 14.2 Å². The summed E-state index contributed by atoms with van der Waals surface area (Å²) >= 11 is 1.22. The minimum absolute atomic E-state index is 0.101. The number of rotatable bonds is 7. The Morgan fingerprint density at radius 1 is 1.19 bits per heavy atom. The summed E-state index contributed by atoms with van der Waals surface area (Å²) in [5.41, 5.74) is 0.958. The van der Waals surface area contributed by atoms with Crippen molar-refractivity contribution < 1.29 is 14.6 Å². The monoisotopic (exact) mass is 370 g/mol. The molecule has 3 aromatic rings. The molecule has 1 heterocycles. The summed E-state index contributed by atoms with van der Waals surface area (Å²) in [6.07, 6.45) is 0. The number of aromatic nitrogens is 2. The van der Waals surface area contributed by atoms with Crippen LogP contribution in [0.1, 0.15) is 10.4 Å². The summed E-state index contributed by atoms with van der Waals surface area (Å²) in [5.74, 6) is 0.150. The minimum atomic E-state index is -0.146. The molecule has 26 heavy (non-hydrogen) atoms. The van der Waals surface area contributed by atoms with E-state index in [-0.39, 0.29) is 22.8 Å². The molecule has 1 aromatic heterocycles. The maximum absolute atomic E-state index is 12.7. The number of fused-ring (bicyclic) bond motifs is 1. The second-order valence-electron chi connectivity index (χ2n) is 5.62. The summed E-state index contributed by atoms with van der Waals surface area (Å²) in [4.78, 5) is 29.7. The van der Waals surface area contributed by atoms with E-state index < -0.39 is 0 Å². The second-order valence-corrected chi connectivity index (χ2v) is 6.56. The average Bonchev–Trinajstić information content (AvgIpc) is 2.66. The van der Waals surface area contributed by atoms with E-state index in [1.165, 1.54) is 23.9 Å². The highest BCUT2D eigenvalue weighted by Crippen LogP contribution is 2.20. The molecular formula is C19H18N2O4S. The summed E-state index contributed by atoms with van der Waals surface area (Å²) in [6, 6.07) is 13.2. The number of hydrogen-bond donors (Lipinski definition) is 1. The number of phenols is 1. The van der Waals surface area contributed by atoms with Gasteiger partial charge in [0.1, 0.15) is 5.75 Å². The Labute approximate surface area is 154 Å². The molecular weight excluding hydrogens is 352 g/mol. The third kappa shape index (κ3) is 3.95. The summed E-state index contributed by atoms with van der Waals surface area (Å²) in [7, 11) is 1.57. The van der Waals surface area contributed by atoms with Crippen molar-refractivity contribution in [3.05, 3.63) is 64.4 Å². The van der Waals surface area contributed by atoms with Crippen molar-refractivity contribution in [1.29, 1.82) is 0 Å². The normalized spacial score (nSPS) is 11.0. The van der Waals surface area contributed by atoms with Crippen LogP contribution in [0.15, 0.2) is 58.5 Å². The first-order valence-electron chi connectivity index (χ1n) is 8.03. The number of aromatic hydroxyl groups is 1. The van der Waals surface area contributed by atoms with Gasteiger partial charge in [-0.1, -0.05) is 23.9 Å². The van der Waals surface area contributed by atoms with Gasteiger partial charge in [-0.15, -0.1) is 0 Å². The standard InChI is InChI=1S/C19H18N2O4S/c1-25-11-10-21-18(24)15-4-2-3-5-16(15)20-19(21)26-12-17(23)13-6-8-14(22)9-7-13/h2-9,22H,10-12H2,1H3. The van der Waals surface area contributed by atoms with Crippen LogP contribution in [-0.4, -0.2) is 39.9 Å². The zero-order chi connectivity index (χ0) is 18.5. The highest BCUT2D eigenvalue weighted by molar-refractivity contribution is 7.99. The molecule has 0 saturated carbocycles. The van der Waals surface area contributed by atoms with E-state index in [4.69, 9.17) is 4.74 Å². The van der Waals surface area contributed by atoms with Crippen LogP contribution in [0.3, 0.4) is 0 Å². The predicted molar refractivity (Wildman–Crippen MR) is 101 cm³/mol. The van der Waals surface area contributed by atoms with Crippen LogP contribution < -0.4 is 5.56 Å². The zero-order valence-corrected chi connectivity index (χ0v) is 15.0. The number of ether oxygens (including phenoxy) is 1. The summed E-state index contributed by atoms with van der Waals surface area (Å²) < 4.78 is 6.63. The Morgan fingerprint density at radius 2 is 1.92 bits per heavy atom. The highest BCUT2D eigenvalue weighted by Gasteiger charge is 2.14. The lowest BCUT2D eigenvalue weighted by molar-refractivity contribution is 0.102. The van der Waals surface area contributed by atoms with E-state index in [2.05, 4.69) is 4.98 Å². The molecule has 0 spiro atoms. The lowest BCUT2D eigenvalue weighted by Gasteiger charge is -2.12. The molecule has 6 nitrogen and oxygen atoms in total. The quantitative estimate of drug-likeness (QED) is 0.391. The fourth-order valence-corrected chi connectivity index (χ4v) is 3.42. The van der Waals surface area contributed by atoms with E-state index in [1.807, 2.05) is 6.07 Å². The Balaban J connectivity index is 1.89. The molecule has 0 aliphatic heterocycles. The number of Topliss-reactive ketones (excluding diaryl/α,β-unsaturated/α-hetero) is 1. The Hall–Kier alpha value is -2.64. The molecule has 0 saturated heterocycles. The van der Waals surface area contributed by atoms with Crippen LogP contribution in [-0.2, 0) is 11.3 Å². The molecule has 1 N–H and O–H groups in total. The smallest absolute Gasteiger partial charge is 0.262 e. The molecule has 134 valence electrons. The molecule has 0 radical (unpaired) electrons. The van der Waals surface area contributed by atoms with Crippen molar-refractivity contribution in [3.63, 3.8) is 0 Å². The molecule has 7 heteroatoms. The molecule has 3 rings (SSSR count). The Bertz CT molecular complexity index is 983. The maximum Gasteiger partial charge on any atom is 0.262 e. The topological polar surface area (TPSA) is 81.4 Å². The van der Waals surface area contributed by atoms with Gasteiger partial charge in [0.25, 0.3) is 5.56 Å². The third-order valence-electron chi connectivity index (χ3n) is 3.87. The van der Waals surface area contributed by atoms with Crippen LogP contribution in [0.2, 0.25) is 0 Å². The van der Waals surface area contributed by atoms with E-state index in [0.29, 0.717) is 34.8 Å². The predicted octanol–water partition coefficient (Wildman–Crippen LogP) is 2.72. The van der Waals surface area contributed by atoms with E-state index in [1.54, 1.807) is 42.0 Å². The number of carbonyl (C=O) groups is 1. The largest absolute Gasteiger partial charge is 0.508 e. The SMILES string of the molecule is COCCn1c(SCC(=O)c2ccc(O)cc2)nc2ccccc2c1=O. The van der Waals surface area contributed by atoms with Crippen molar-refractivity contribution in [2.75, 3.05) is 19.5 Å². The minimum Gasteiger partial charge on any atom is -0.508 e. The van der Waals surface area contributed by atoms with Gasteiger partial charge in [0, 0.05) is 12.7 Å². The van der Waals surface area contributed by atoms with Gasteiger partial charge in [-0.2, -0.15) is 0 Å². The second kappa shape index (κ2) is 8.16. The highest BCUT2D eigenvalue weighted by atomic mass is 32.2. The fourth-order valence-electron chi connectivity index (χ4n) is 2.50. The van der Waals surface area contributed by atoms with Crippen molar-refractivity contribution in [2.24, 2.45) is 0 Å². The van der Waals surface area contributed by atoms with Crippen LogP contribution in [0, 0.1) is 0 Å². The summed E-state index contributed by atoms with van der Waals surface area (Å²) in [6.45, 7) is 0.738. The van der Waals surface area contributed by atoms with Crippen LogP contribution in [0.4, 0.5) is 0 Å². The maximum atomic E-state index is 12.7. The van der Waals surface area contributed by atoms with Gasteiger partial charge in [0.05, 0.1) is 29.8 Å². The molecule has 0 aliphatic rings. The molecule has 2 aromatic carbocycles. The van der Waals surface area contributed by atoms with Crippen molar-refractivity contribution in [2.45, 2.75) is 11.7 Å². The third-order valence-corrected chi connectivity index (χ3v) is 4.84. The molecule has 0 bridgehead atoms. The van der Waals surface area contributed by atoms with Crippen molar-refractivity contribution in [1.82, 2.24) is 9.55 Å². The van der Waals surface area contributed by atoms with Gasteiger partial charge in [-0.25, -0.2) is 4.98 Å². The zero-order valence-electron chi connectivity index (χ0n) is 14.2. The number of carbonyl (C=O) groups excluding carboxylic acids is 1. The first kappa shape index (κ1) is 18.2. The van der Waals surface area contributed by atoms with E-state index in [0.717, 1.165) is 0 Å². The molecule has 0 amide bonds. The average molecular weight is 370 g/mol. The van der Waals surface area contributed by atoms with Gasteiger partial charge in [0.2, 0.25) is 0 Å². The number of thioether (sulfide) groups is 1. The van der Waals surface area contributed by atoms with E-state index in [9.17, 15) is 14.7 Å². The summed E-state index contributed by atoms with van der Waals surface area (Å²) in [5, 5.41) is 10.3. The Morgan fingerprint density at radius 3 is 2.65 bits per heavy atom. The van der Waals surface area contributed by atoms with Gasteiger partial charge < -0.3 is 9.84 Å². The van der Waals surface area contributed by atoms with Gasteiger partial charge in [-0.05, 0) is 36.4 Å². The number of para-hydroxylation sites is 1. The number of phenolic OH excluding ortho intramolecular Hbond substituents is 1.